The average molecular weight is 392 g/mol. The summed E-state index contributed by atoms with van der Waals surface area (Å²) in [6.07, 6.45) is 0. The second kappa shape index (κ2) is 10.4. The van der Waals surface area contributed by atoms with E-state index < -0.39 is 0 Å². The molecule has 0 saturated heterocycles. The maximum atomic E-state index is 12.0. The van der Waals surface area contributed by atoms with E-state index in [1.54, 1.807) is 0 Å². The summed E-state index contributed by atoms with van der Waals surface area (Å²) >= 11 is 0. The molecule has 0 spiro atoms. The summed E-state index contributed by atoms with van der Waals surface area (Å²) in [5.74, 6) is 0.805. The van der Waals surface area contributed by atoms with E-state index in [-0.39, 0.29) is 6.03 Å². The number of amides is 2. The van der Waals surface area contributed by atoms with Crippen molar-refractivity contribution in [2.75, 3.05) is 32.0 Å². The number of urea groups is 1. The van der Waals surface area contributed by atoms with E-state index in [4.69, 9.17) is 0 Å². The van der Waals surface area contributed by atoms with Crippen molar-refractivity contribution in [3.8, 4) is 0 Å². The Morgan fingerprint density at radius 1 is 0.966 bits per heavy atom. The molecule has 0 aliphatic carbocycles. The number of benzene rings is 2. The predicted molar refractivity (Wildman–Crippen MR) is 119 cm³/mol. The molecule has 1 heterocycles. The highest BCUT2D eigenvalue weighted by Crippen LogP contribution is 2.14. The quantitative estimate of drug-likeness (QED) is 0.488. The summed E-state index contributed by atoms with van der Waals surface area (Å²) in [5.41, 5.74) is 3.30. The van der Waals surface area contributed by atoms with Crippen molar-refractivity contribution >= 4 is 22.8 Å². The highest BCUT2D eigenvalue weighted by atomic mass is 16.2. The fourth-order valence-electron chi connectivity index (χ4n) is 3.04. The van der Waals surface area contributed by atoms with Gasteiger partial charge in [0.1, 0.15) is 5.82 Å². The molecule has 0 unspecified atom stereocenters. The number of hydrogen-bond acceptors (Lipinski definition) is 4. The van der Waals surface area contributed by atoms with E-state index in [1.807, 2.05) is 48.5 Å². The molecule has 6 nitrogen and oxygen atoms in total. The third kappa shape index (κ3) is 6.47. The number of nitrogens with one attached hydrogen (secondary N) is 3. The van der Waals surface area contributed by atoms with Gasteiger partial charge in [0.05, 0.1) is 5.52 Å². The van der Waals surface area contributed by atoms with Gasteiger partial charge in [0, 0.05) is 31.6 Å². The second-order valence-electron chi connectivity index (χ2n) is 7.08. The smallest absolute Gasteiger partial charge is 0.315 e. The van der Waals surface area contributed by atoms with Gasteiger partial charge < -0.3 is 20.9 Å². The van der Waals surface area contributed by atoms with Crippen LogP contribution < -0.4 is 16.0 Å². The Hall–Kier alpha value is -3.12. The summed E-state index contributed by atoms with van der Waals surface area (Å²) in [5, 5.41) is 10.1. The molecule has 0 aliphatic heterocycles. The molecule has 2 aromatic carbocycles. The summed E-state index contributed by atoms with van der Waals surface area (Å²) in [4.78, 5) is 18.8. The number of anilines is 1. The molecule has 3 aromatic rings. The van der Waals surface area contributed by atoms with Gasteiger partial charge in [-0.1, -0.05) is 49.4 Å². The Labute approximate surface area is 172 Å². The van der Waals surface area contributed by atoms with Crippen LogP contribution >= 0.6 is 0 Å². The summed E-state index contributed by atoms with van der Waals surface area (Å²) in [7, 11) is 2.10. The van der Waals surface area contributed by atoms with Gasteiger partial charge in [-0.2, -0.15) is 0 Å². The molecule has 6 heteroatoms. The minimum absolute atomic E-state index is 0.172. The molecule has 2 amide bonds. The van der Waals surface area contributed by atoms with E-state index >= 15 is 0 Å². The molecule has 0 aliphatic rings. The number of pyridine rings is 1. The van der Waals surface area contributed by atoms with Gasteiger partial charge in [0.25, 0.3) is 0 Å². The van der Waals surface area contributed by atoms with Crippen LogP contribution in [0.3, 0.4) is 0 Å². The Balaban J connectivity index is 1.38. The van der Waals surface area contributed by atoms with Gasteiger partial charge in [-0.25, -0.2) is 9.78 Å². The second-order valence-corrected chi connectivity index (χ2v) is 7.08. The first-order valence-electron chi connectivity index (χ1n) is 10.0. The molecule has 3 N–H and O–H groups in total. The fourth-order valence-corrected chi connectivity index (χ4v) is 3.04. The minimum Gasteiger partial charge on any atom is -0.368 e. The number of fused-ring (bicyclic) bond motifs is 1. The van der Waals surface area contributed by atoms with Gasteiger partial charge in [0.15, 0.2) is 0 Å². The third-order valence-electron chi connectivity index (χ3n) is 4.75. The van der Waals surface area contributed by atoms with Gasteiger partial charge in [-0.15, -0.1) is 0 Å². The first-order chi connectivity index (χ1) is 14.1. The van der Waals surface area contributed by atoms with E-state index in [9.17, 15) is 4.79 Å². The van der Waals surface area contributed by atoms with Crippen LogP contribution in [0.2, 0.25) is 0 Å². The predicted octanol–water partition coefficient (Wildman–Crippen LogP) is 3.60. The van der Waals surface area contributed by atoms with Gasteiger partial charge in [-0.05, 0) is 42.9 Å². The lowest BCUT2D eigenvalue weighted by Gasteiger charge is -2.14. The van der Waals surface area contributed by atoms with Crippen LogP contribution in [0.4, 0.5) is 10.6 Å². The van der Waals surface area contributed by atoms with E-state index in [2.05, 4.69) is 51.9 Å². The van der Waals surface area contributed by atoms with Gasteiger partial charge in [0.2, 0.25) is 0 Å². The molecule has 0 radical (unpaired) electrons. The maximum absolute atomic E-state index is 12.0. The van der Waals surface area contributed by atoms with Crippen molar-refractivity contribution < 1.29 is 4.79 Å². The van der Waals surface area contributed by atoms with Crippen molar-refractivity contribution in [1.29, 1.82) is 0 Å². The third-order valence-corrected chi connectivity index (χ3v) is 4.75. The number of hydrogen-bond donors (Lipinski definition) is 3. The molecule has 3 rings (SSSR count). The number of nitrogens with zero attached hydrogens (tertiary/aromatic N) is 2. The summed E-state index contributed by atoms with van der Waals surface area (Å²) < 4.78 is 0. The largest absolute Gasteiger partial charge is 0.368 e. The number of carbonyl (C=O) groups is 1. The molecular weight excluding hydrogens is 362 g/mol. The Morgan fingerprint density at radius 2 is 1.79 bits per heavy atom. The van der Waals surface area contributed by atoms with Crippen molar-refractivity contribution in [2.45, 2.75) is 20.0 Å². The lowest BCUT2D eigenvalue weighted by Crippen LogP contribution is -2.37. The Morgan fingerprint density at radius 3 is 2.66 bits per heavy atom. The average Bonchev–Trinajstić information content (AvgIpc) is 2.75. The van der Waals surface area contributed by atoms with Crippen LogP contribution in [0.5, 0.6) is 0 Å². The topological polar surface area (TPSA) is 69.3 Å². The highest BCUT2D eigenvalue weighted by Gasteiger charge is 2.03. The van der Waals surface area contributed by atoms with Crippen LogP contribution in [0.15, 0.2) is 60.7 Å². The Bertz CT molecular complexity index is 943. The van der Waals surface area contributed by atoms with Crippen LogP contribution in [-0.4, -0.2) is 42.6 Å². The van der Waals surface area contributed by atoms with Crippen molar-refractivity contribution in [3.63, 3.8) is 0 Å². The Kier molecular flexibility index (Phi) is 7.41. The van der Waals surface area contributed by atoms with Gasteiger partial charge >= 0.3 is 6.03 Å². The summed E-state index contributed by atoms with van der Waals surface area (Å²) in [6, 6.07) is 20.1. The van der Waals surface area contributed by atoms with Gasteiger partial charge in [-0.3, -0.25) is 0 Å². The molecule has 0 atom stereocenters. The lowest BCUT2D eigenvalue weighted by atomic mass is 10.1. The maximum Gasteiger partial charge on any atom is 0.315 e. The normalized spacial score (nSPS) is 10.9. The zero-order valence-electron chi connectivity index (χ0n) is 17.1. The fraction of sp³-hybridized carbons (Fsp3) is 0.304. The molecule has 1 aromatic heterocycles. The number of carbonyl (C=O) groups excluding carboxylic acids is 1. The zero-order chi connectivity index (χ0) is 20.5. The SMILES string of the molecule is CCN(C)Cc1cccc(CNC(=O)NCCNc2ccc3ccccc3n2)c1. The van der Waals surface area contributed by atoms with Crippen LogP contribution in [0.25, 0.3) is 10.9 Å². The molecule has 0 saturated carbocycles. The lowest BCUT2D eigenvalue weighted by molar-refractivity contribution is 0.241. The highest BCUT2D eigenvalue weighted by molar-refractivity contribution is 5.80. The van der Waals surface area contributed by atoms with Crippen molar-refractivity contribution in [1.82, 2.24) is 20.5 Å². The molecule has 29 heavy (non-hydrogen) atoms. The van der Waals surface area contributed by atoms with Crippen LogP contribution in [0, 0.1) is 0 Å². The first-order valence-corrected chi connectivity index (χ1v) is 10.0. The van der Waals surface area contributed by atoms with E-state index in [1.165, 1.54) is 5.56 Å². The monoisotopic (exact) mass is 391 g/mol. The van der Waals surface area contributed by atoms with Crippen LogP contribution in [0.1, 0.15) is 18.1 Å². The molecule has 152 valence electrons. The number of para-hydroxylation sites is 1. The van der Waals surface area contributed by atoms with E-state index in [0.717, 1.165) is 35.4 Å². The van der Waals surface area contributed by atoms with Crippen molar-refractivity contribution in [2.24, 2.45) is 0 Å². The summed E-state index contributed by atoms with van der Waals surface area (Å²) in [6.45, 7) is 5.69. The number of aromatic nitrogens is 1. The van der Waals surface area contributed by atoms with E-state index in [0.29, 0.717) is 19.6 Å². The standard InChI is InChI=1S/C23H29N5O/c1-3-28(2)17-19-8-6-7-18(15-19)16-26-23(29)25-14-13-24-22-12-11-20-9-4-5-10-21(20)27-22/h4-12,15H,3,13-14,16-17H2,1-2H3,(H,24,27)(H2,25,26,29). The minimum atomic E-state index is -0.172. The molecular formula is C23H29N5O. The number of rotatable bonds is 9. The molecule has 0 bridgehead atoms. The van der Waals surface area contributed by atoms with Crippen molar-refractivity contribution in [3.05, 3.63) is 71.8 Å². The molecule has 0 fully saturated rings. The zero-order valence-corrected chi connectivity index (χ0v) is 17.1. The van der Waals surface area contributed by atoms with Crippen LogP contribution in [-0.2, 0) is 13.1 Å². The first kappa shape index (κ1) is 20.6.